The van der Waals surface area contributed by atoms with Crippen molar-refractivity contribution >= 4 is 10.0 Å². The summed E-state index contributed by atoms with van der Waals surface area (Å²) in [5.41, 5.74) is 0. The number of hydrogen-bond donors (Lipinski definition) is 1. The fourth-order valence-corrected chi connectivity index (χ4v) is 5.77. The maximum absolute atomic E-state index is 12.6. The molecule has 2 heterocycles. The lowest BCUT2D eigenvalue weighted by Crippen LogP contribution is -2.44. The molecule has 2 aliphatic heterocycles. The van der Waals surface area contributed by atoms with Crippen LogP contribution in [0.4, 0.5) is 0 Å². The normalized spacial score (nSPS) is 31.2. The first kappa shape index (κ1) is 14.3. The molecule has 2 aliphatic rings. The summed E-state index contributed by atoms with van der Waals surface area (Å²) >= 11 is 0. The van der Waals surface area contributed by atoms with E-state index in [1.165, 1.54) is 0 Å². The maximum atomic E-state index is 12.6. The smallest absolute Gasteiger partial charge is 0.214 e. The van der Waals surface area contributed by atoms with Crippen molar-refractivity contribution in [2.45, 2.75) is 58.0 Å². The molecule has 0 radical (unpaired) electrons. The van der Waals surface area contributed by atoms with Gasteiger partial charge in [0.25, 0.3) is 0 Å². The SMILES string of the molecule is CCCC(C)CS(=O)(=O)N1C2CCNCC1CC2. The van der Waals surface area contributed by atoms with Crippen LogP contribution in [0.2, 0.25) is 0 Å². The first-order valence-corrected chi connectivity index (χ1v) is 8.87. The molecular weight excluding hydrogens is 248 g/mol. The van der Waals surface area contributed by atoms with E-state index in [1.54, 1.807) is 0 Å². The van der Waals surface area contributed by atoms with E-state index >= 15 is 0 Å². The predicted octanol–water partition coefficient (Wildman–Crippen LogP) is 1.58. The molecule has 0 aromatic rings. The van der Waals surface area contributed by atoms with Crippen LogP contribution in [0.3, 0.4) is 0 Å². The molecule has 0 aromatic heterocycles. The van der Waals surface area contributed by atoms with Gasteiger partial charge in [0.15, 0.2) is 0 Å². The average molecular weight is 274 g/mol. The maximum Gasteiger partial charge on any atom is 0.214 e. The molecule has 2 fully saturated rings. The first-order chi connectivity index (χ1) is 8.54. The van der Waals surface area contributed by atoms with Crippen molar-refractivity contribution in [3.05, 3.63) is 0 Å². The molecule has 2 bridgehead atoms. The molecule has 0 aromatic carbocycles. The summed E-state index contributed by atoms with van der Waals surface area (Å²) < 4.78 is 27.0. The molecule has 0 saturated carbocycles. The van der Waals surface area contributed by atoms with Gasteiger partial charge in [-0.15, -0.1) is 0 Å². The number of hydrogen-bond acceptors (Lipinski definition) is 3. The van der Waals surface area contributed by atoms with Crippen molar-refractivity contribution in [3.8, 4) is 0 Å². The molecular formula is C13H26N2O2S. The molecule has 0 spiro atoms. The Kier molecular flexibility index (Phi) is 4.67. The monoisotopic (exact) mass is 274 g/mol. The van der Waals surface area contributed by atoms with E-state index < -0.39 is 10.0 Å². The van der Waals surface area contributed by atoms with Crippen LogP contribution in [0.25, 0.3) is 0 Å². The van der Waals surface area contributed by atoms with Crippen LogP contribution in [0.15, 0.2) is 0 Å². The summed E-state index contributed by atoms with van der Waals surface area (Å²) in [5.74, 6) is 0.601. The van der Waals surface area contributed by atoms with Crippen molar-refractivity contribution in [2.24, 2.45) is 5.92 Å². The van der Waals surface area contributed by atoms with Gasteiger partial charge in [-0.1, -0.05) is 20.3 Å². The number of nitrogens with zero attached hydrogens (tertiary/aromatic N) is 1. The Bertz CT molecular complexity index is 355. The lowest BCUT2D eigenvalue weighted by atomic mass is 10.1. The van der Waals surface area contributed by atoms with E-state index in [4.69, 9.17) is 0 Å². The molecule has 3 atom stereocenters. The Morgan fingerprint density at radius 1 is 1.28 bits per heavy atom. The van der Waals surface area contributed by atoms with Gasteiger partial charge in [0.2, 0.25) is 10.0 Å². The number of fused-ring (bicyclic) bond motifs is 2. The van der Waals surface area contributed by atoms with Gasteiger partial charge in [0.05, 0.1) is 5.75 Å². The molecule has 2 rings (SSSR count). The second kappa shape index (κ2) is 5.88. The minimum absolute atomic E-state index is 0.205. The zero-order valence-electron chi connectivity index (χ0n) is 11.6. The third kappa shape index (κ3) is 3.06. The van der Waals surface area contributed by atoms with Gasteiger partial charge in [-0.2, -0.15) is 4.31 Å². The van der Waals surface area contributed by atoms with Crippen LogP contribution < -0.4 is 5.32 Å². The van der Waals surface area contributed by atoms with Crippen molar-refractivity contribution in [1.82, 2.24) is 9.62 Å². The second-order valence-corrected chi connectivity index (χ2v) is 7.80. The Balaban J connectivity index is 2.08. The fraction of sp³-hybridized carbons (Fsp3) is 1.00. The minimum atomic E-state index is -3.07. The molecule has 18 heavy (non-hydrogen) atoms. The molecule has 106 valence electrons. The number of rotatable bonds is 5. The summed E-state index contributed by atoms with van der Waals surface area (Å²) in [6.45, 7) is 5.96. The van der Waals surface area contributed by atoms with Crippen molar-refractivity contribution < 1.29 is 8.42 Å². The van der Waals surface area contributed by atoms with E-state index in [0.717, 1.165) is 45.2 Å². The molecule has 0 amide bonds. The van der Waals surface area contributed by atoms with E-state index in [1.807, 2.05) is 4.31 Å². The molecule has 4 nitrogen and oxygen atoms in total. The average Bonchev–Trinajstić information content (AvgIpc) is 2.52. The van der Waals surface area contributed by atoms with Gasteiger partial charge in [-0.25, -0.2) is 8.42 Å². The van der Waals surface area contributed by atoms with Gasteiger partial charge >= 0.3 is 0 Å². The highest BCUT2D eigenvalue weighted by Crippen LogP contribution is 2.31. The van der Waals surface area contributed by atoms with E-state index in [2.05, 4.69) is 19.2 Å². The third-order valence-corrected chi connectivity index (χ3v) is 6.41. The number of sulfonamides is 1. The summed E-state index contributed by atoms with van der Waals surface area (Å²) in [4.78, 5) is 0. The minimum Gasteiger partial charge on any atom is -0.315 e. The topological polar surface area (TPSA) is 49.4 Å². The Morgan fingerprint density at radius 2 is 2.00 bits per heavy atom. The van der Waals surface area contributed by atoms with Gasteiger partial charge in [0, 0.05) is 18.6 Å². The van der Waals surface area contributed by atoms with Crippen LogP contribution in [-0.2, 0) is 10.0 Å². The van der Waals surface area contributed by atoms with Crippen molar-refractivity contribution in [2.75, 3.05) is 18.8 Å². The summed E-state index contributed by atoms with van der Waals surface area (Å²) in [6, 6.07) is 0.458. The Morgan fingerprint density at radius 3 is 2.72 bits per heavy atom. The van der Waals surface area contributed by atoms with Crippen LogP contribution in [0.5, 0.6) is 0 Å². The fourth-order valence-electron chi connectivity index (χ4n) is 3.41. The second-order valence-electron chi connectivity index (χ2n) is 5.88. The van der Waals surface area contributed by atoms with Crippen molar-refractivity contribution in [1.29, 1.82) is 0 Å². The summed E-state index contributed by atoms with van der Waals surface area (Å²) in [6.07, 6.45) is 5.11. The highest BCUT2D eigenvalue weighted by atomic mass is 32.2. The van der Waals surface area contributed by atoms with Gasteiger partial charge in [0.1, 0.15) is 0 Å². The predicted molar refractivity (Wildman–Crippen MR) is 74.0 cm³/mol. The molecule has 0 aliphatic carbocycles. The summed E-state index contributed by atoms with van der Waals surface area (Å²) in [7, 11) is -3.07. The zero-order chi connectivity index (χ0) is 13.2. The van der Waals surface area contributed by atoms with Crippen LogP contribution in [0.1, 0.15) is 46.0 Å². The highest BCUT2D eigenvalue weighted by molar-refractivity contribution is 7.89. The molecule has 5 heteroatoms. The van der Waals surface area contributed by atoms with Crippen LogP contribution in [0, 0.1) is 5.92 Å². The van der Waals surface area contributed by atoms with Gasteiger partial charge in [-0.3, -0.25) is 0 Å². The van der Waals surface area contributed by atoms with E-state index in [0.29, 0.717) is 5.75 Å². The Labute approximate surface area is 111 Å². The lowest BCUT2D eigenvalue weighted by molar-refractivity contribution is 0.331. The quantitative estimate of drug-likeness (QED) is 0.828. The molecule has 2 saturated heterocycles. The van der Waals surface area contributed by atoms with Gasteiger partial charge in [-0.05, 0) is 38.1 Å². The van der Waals surface area contributed by atoms with Crippen LogP contribution >= 0.6 is 0 Å². The highest BCUT2D eigenvalue weighted by Gasteiger charge is 2.42. The zero-order valence-corrected chi connectivity index (χ0v) is 12.4. The molecule has 3 unspecified atom stereocenters. The standard InChI is InChI=1S/C13H26N2O2S/c1-3-4-11(2)10-18(16,17)15-12-5-6-13(15)9-14-8-7-12/h11-14H,3-10H2,1-2H3. The number of nitrogens with one attached hydrogen (secondary N) is 1. The Hall–Kier alpha value is -0.130. The molecule has 1 N–H and O–H groups in total. The third-order valence-electron chi connectivity index (χ3n) is 4.19. The largest absolute Gasteiger partial charge is 0.315 e. The summed E-state index contributed by atoms with van der Waals surface area (Å²) in [5, 5.41) is 3.35. The van der Waals surface area contributed by atoms with Crippen LogP contribution in [-0.4, -0.2) is 43.6 Å². The van der Waals surface area contributed by atoms with Crippen molar-refractivity contribution in [3.63, 3.8) is 0 Å². The van der Waals surface area contributed by atoms with E-state index in [-0.39, 0.29) is 18.0 Å². The first-order valence-electron chi connectivity index (χ1n) is 7.26. The van der Waals surface area contributed by atoms with E-state index in [9.17, 15) is 8.42 Å². The lowest BCUT2D eigenvalue weighted by Gasteiger charge is -2.28. The van der Waals surface area contributed by atoms with Gasteiger partial charge < -0.3 is 5.32 Å².